The minimum absolute atomic E-state index is 0.0337. The summed E-state index contributed by atoms with van der Waals surface area (Å²) in [5, 5.41) is 0. The number of ketones is 1. The summed E-state index contributed by atoms with van der Waals surface area (Å²) in [4.78, 5) is 9.83. The molecule has 0 fully saturated rings. The van der Waals surface area contributed by atoms with Gasteiger partial charge in [-0.1, -0.05) is 0 Å². The van der Waals surface area contributed by atoms with Gasteiger partial charge in [-0.3, -0.25) is 0 Å². The summed E-state index contributed by atoms with van der Waals surface area (Å²) < 4.78 is 5.43. The zero-order valence-electron chi connectivity index (χ0n) is 10.0. The van der Waals surface area contributed by atoms with Gasteiger partial charge < -0.3 is 0 Å². The molecule has 0 aliphatic carbocycles. The first kappa shape index (κ1) is 14.1. The second-order valence-electron chi connectivity index (χ2n) is 5.51. The van der Waals surface area contributed by atoms with Crippen molar-refractivity contribution in [1.82, 2.24) is 0 Å². The first-order chi connectivity index (χ1) is 6.09. The quantitative estimate of drug-likeness (QED) is 0.307. The van der Waals surface area contributed by atoms with Crippen LogP contribution in [-0.4, -0.2) is 36.8 Å². The van der Waals surface area contributed by atoms with Gasteiger partial charge in [0.15, 0.2) is 0 Å². The second kappa shape index (κ2) is 4.77. The summed E-state index contributed by atoms with van der Waals surface area (Å²) >= 11 is 0.457. The molecule has 1 N–H and O–H groups in total. The van der Waals surface area contributed by atoms with E-state index in [1.54, 1.807) is 6.08 Å². The van der Waals surface area contributed by atoms with Crippen LogP contribution < -0.4 is 0 Å². The molecule has 0 aliphatic heterocycles. The van der Waals surface area contributed by atoms with Gasteiger partial charge in [0.25, 0.3) is 0 Å². The molecule has 80 valence electrons. The predicted molar refractivity (Wildman–Crippen MR) is 62.2 cm³/mol. The third kappa shape index (κ3) is 4.57. The van der Waals surface area contributed by atoms with Crippen LogP contribution in [0.4, 0.5) is 0 Å². The average molecular weight is 392 g/mol. The van der Waals surface area contributed by atoms with E-state index in [1.807, 2.05) is 20.8 Å². The van der Waals surface area contributed by atoms with E-state index in [-0.39, 0.29) is 10.8 Å². The molecule has 2 nitrogen and oxygen atoms in total. The fourth-order valence-electron chi connectivity index (χ4n) is 0.768. The number of carbonyl (C=O) groups excluding carboxylic acids is 1. The van der Waals surface area contributed by atoms with Crippen LogP contribution in [-0.2, 0) is 2.69 Å². The molecule has 0 spiro atoms. The van der Waals surface area contributed by atoms with Gasteiger partial charge in [0.2, 0.25) is 0 Å². The van der Waals surface area contributed by atoms with Crippen LogP contribution in [0.15, 0.2) is 11.8 Å². The summed E-state index contributed by atoms with van der Waals surface area (Å²) in [5.41, 5.74) is -0.242. The Bertz CT molecular complexity index is 241. The van der Waals surface area contributed by atoms with Crippen LogP contribution in [0.3, 0.4) is 0 Å². The second-order valence-corrected chi connectivity index (χ2v) is 6.43. The van der Waals surface area contributed by atoms with E-state index >= 15 is 0 Å². The third-order valence-electron chi connectivity index (χ3n) is 1.90. The van der Waals surface area contributed by atoms with Crippen LogP contribution in [0.25, 0.3) is 0 Å². The maximum atomic E-state index is 9.83. The molecule has 0 aromatic heterocycles. The van der Waals surface area contributed by atoms with Crippen molar-refractivity contribution in [3.05, 3.63) is 11.8 Å². The van der Waals surface area contributed by atoms with Gasteiger partial charge in [0.1, 0.15) is 0 Å². The van der Waals surface area contributed by atoms with Crippen LogP contribution in [0, 0.1) is 10.8 Å². The molecule has 0 bridgehead atoms. The van der Waals surface area contributed by atoms with Gasteiger partial charge in [0.05, 0.1) is 0 Å². The van der Waals surface area contributed by atoms with Crippen molar-refractivity contribution in [2.45, 2.75) is 41.5 Å². The van der Waals surface area contributed by atoms with Crippen molar-refractivity contribution >= 4 is 32.0 Å². The minimum atomic E-state index is -0.209. The zero-order chi connectivity index (χ0) is 11.6. The summed E-state index contributed by atoms with van der Waals surface area (Å²) in [6.45, 7) is 12.2. The van der Waals surface area contributed by atoms with E-state index < -0.39 is 0 Å². The van der Waals surface area contributed by atoms with Crippen LogP contribution in [0.1, 0.15) is 41.5 Å². The third-order valence-corrected chi connectivity index (χ3v) is 2.89. The first-order valence-electron chi connectivity index (χ1n) is 4.74. The Kier molecular flexibility index (Phi) is 4.81. The fourth-order valence-corrected chi connectivity index (χ4v) is 2.41. The molecule has 0 rings (SSSR count). The van der Waals surface area contributed by atoms with Gasteiger partial charge >= 0.3 is 104 Å². The van der Waals surface area contributed by atoms with E-state index in [1.165, 1.54) is 0 Å². The predicted octanol–water partition coefficient (Wildman–Crippen LogP) is 2.34. The molecule has 0 unspecified atom stereocenters. The molecular formula is C11H21O2Pb+. The Morgan fingerprint density at radius 1 is 1.07 bits per heavy atom. The molecule has 0 aliphatic rings. The Morgan fingerprint density at radius 2 is 1.50 bits per heavy atom. The topological polar surface area (TPSA) is 30.6 Å². The number of rotatable bonds is 2. The molecular weight excluding hydrogens is 371 g/mol. The van der Waals surface area contributed by atoms with Crippen LogP contribution in [0.5, 0.6) is 0 Å². The van der Waals surface area contributed by atoms with Gasteiger partial charge in [-0.05, 0) is 0 Å². The summed E-state index contributed by atoms with van der Waals surface area (Å²) in [5.74, 6) is 1.25. The molecule has 0 saturated heterocycles. The molecule has 3 heteroatoms. The summed E-state index contributed by atoms with van der Waals surface area (Å²) in [6.07, 6.45) is 1.76. The SMILES string of the molecule is CC(C)(C)C(=[OH+])C=C([O][PbH])C(C)(C)C. The van der Waals surface area contributed by atoms with Gasteiger partial charge in [-0.25, -0.2) is 0 Å². The fraction of sp³-hybridized carbons (Fsp3) is 0.727. The van der Waals surface area contributed by atoms with Crippen LogP contribution in [0.2, 0.25) is 0 Å². The Labute approximate surface area is 103 Å². The van der Waals surface area contributed by atoms with Crippen molar-refractivity contribution in [1.29, 1.82) is 0 Å². The molecule has 0 amide bonds. The Morgan fingerprint density at radius 3 is 1.71 bits per heavy atom. The van der Waals surface area contributed by atoms with Crippen molar-refractivity contribution < 1.29 is 7.48 Å². The zero-order valence-corrected chi connectivity index (χ0v) is 14.5. The standard InChI is InChI=1S/C11H20O2.Pb.H/c1-10(2,3)8(12)7-9(13)11(4,5)6;;/h7,12H,1-6H3;;/q;+1;. The van der Waals surface area contributed by atoms with Crippen molar-refractivity contribution in [2.24, 2.45) is 10.8 Å². The maximum absolute atomic E-state index is 9.83. The van der Waals surface area contributed by atoms with E-state index in [2.05, 4.69) is 20.8 Å². The van der Waals surface area contributed by atoms with E-state index in [4.69, 9.17) is 2.69 Å². The van der Waals surface area contributed by atoms with E-state index in [0.29, 0.717) is 32.0 Å². The molecule has 0 aromatic rings. The first-order valence-corrected chi connectivity index (χ1v) is 6.57. The van der Waals surface area contributed by atoms with Crippen molar-refractivity contribution in [3.8, 4) is 0 Å². The van der Waals surface area contributed by atoms with Gasteiger partial charge in [-0.2, -0.15) is 0 Å². The molecule has 2 radical (unpaired) electrons. The number of allylic oxidation sites excluding steroid dienone is 2. The van der Waals surface area contributed by atoms with Crippen molar-refractivity contribution in [2.75, 3.05) is 0 Å². The number of hydrogen-bond acceptors (Lipinski definition) is 1. The Balaban J connectivity index is 4.89. The van der Waals surface area contributed by atoms with Crippen molar-refractivity contribution in [3.63, 3.8) is 0 Å². The average Bonchev–Trinajstić information content (AvgIpc) is 1.95. The van der Waals surface area contributed by atoms with Crippen LogP contribution >= 0.6 is 0 Å². The Hall–Kier alpha value is 0.132. The molecule has 14 heavy (non-hydrogen) atoms. The number of hydrogen-bond donors (Lipinski definition) is 0. The monoisotopic (exact) mass is 393 g/mol. The molecule has 0 saturated carbocycles. The van der Waals surface area contributed by atoms with E-state index in [0.717, 1.165) is 5.76 Å². The van der Waals surface area contributed by atoms with E-state index in [9.17, 15) is 4.79 Å². The summed E-state index contributed by atoms with van der Waals surface area (Å²) in [6, 6.07) is 0. The van der Waals surface area contributed by atoms with Gasteiger partial charge in [0, 0.05) is 0 Å². The molecule has 0 aromatic carbocycles. The molecule has 0 atom stereocenters. The normalized spacial score (nSPS) is 14.1. The van der Waals surface area contributed by atoms with Gasteiger partial charge in [-0.15, -0.1) is 0 Å². The summed E-state index contributed by atoms with van der Waals surface area (Å²) in [7, 11) is 0. The molecule has 0 heterocycles.